The lowest BCUT2D eigenvalue weighted by Gasteiger charge is -2.34. The van der Waals surface area contributed by atoms with Gasteiger partial charge in [0.25, 0.3) is 0 Å². The molecule has 0 bridgehead atoms. The Morgan fingerprint density at radius 2 is 2.21 bits per heavy atom. The van der Waals surface area contributed by atoms with Gasteiger partial charge in [-0.05, 0) is 62.4 Å². The van der Waals surface area contributed by atoms with E-state index in [1.807, 2.05) is 13.0 Å². The normalized spacial score (nSPS) is 21.8. The molecule has 19 heavy (non-hydrogen) atoms. The molecule has 1 aliphatic heterocycles. The third-order valence-corrected chi connectivity index (χ3v) is 3.98. The molecule has 2 N–H and O–H groups in total. The first-order chi connectivity index (χ1) is 8.56. The molecule has 2 rings (SSSR count). The van der Waals surface area contributed by atoms with Crippen molar-refractivity contribution in [1.29, 1.82) is 0 Å². The average molecular weight is 287 g/mol. The van der Waals surface area contributed by atoms with E-state index in [0.29, 0.717) is 5.92 Å². The quantitative estimate of drug-likeness (QED) is 0.925. The number of hydrogen-bond acceptors (Lipinski definition) is 2. The molecule has 1 aliphatic rings. The summed E-state index contributed by atoms with van der Waals surface area (Å²) in [5, 5.41) is 0. The highest BCUT2D eigenvalue weighted by atomic mass is 35.5. The molecule has 1 aromatic carbocycles. The summed E-state index contributed by atoms with van der Waals surface area (Å²) in [6, 6.07) is 5.33. The number of nitrogens with two attached hydrogens (primary N) is 1. The summed E-state index contributed by atoms with van der Waals surface area (Å²) in [6.45, 7) is 7.17. The number of likely N-dealkylation sites (tertiary alicyclic amines) is 1. The van der Waals surface area contributed by atoms with Crippen LogP contribution in [0, 0.1) is 18.7 Å². The molecule has 0 amide bonds. The first-order valence-corrected chi connectivity index (χ1v) is 6.79. The van der Waals surface area contributed by atoms with Crippen molar-refractivity contribution in [2.75, 3.05) is 13.1 Å². The third kappa shape index (κ3) is 4.44. The van der Waals surface area contributed by atoms with Gasteiger partial charge in [-0.15, -0.1) is 12.4 Å². The smallest absolute Gasteiger partial charge is 0.123 e. The van der Waals surface area contributed by atoms with Gasteiger partial charge in [0.1, 0.15) is 5.82 Å². The molecule has 1 saturated heterocycles. The zero-order valence-electron chi connectivity index (χ0n) is 11.7. The molecule has 0 aromatic heterocycles. The second-order valence-electron chi connectivity index (χ2n) is 5.57. The maximum Gasteiger partial charge on any atom is 0.123 e. The standard InChI is InChI=1S/C15H23FN2.ClH/c1-11-8-15(16)6-5-13(11)9-18-7-3-4-14(10-18)12(2)17;/h5-6,8,12,14H,3-4,7,9-10,17H2,1-2H3;1H. The second kappa shape index (κ2) is 7.22. The van der Waals surface area contributed by atoms with Crippen molar-refractivity contribution in [3.05, 3.63) is 35.1 Å². The summed E-state index contributed by atoms with van der Waals surface area (Å²) in [4.78, 5) is 2.44. The topological polar surface area (TPSA) is 29.3 Å². The van der Waals surface area contributed by atoms with Crippen LogP contribution in [-0.2, 0) is 6.54 Å². The summed E-state index contributed by atoms with van der Waals surface area (Å²) >= 11 is 0. The first kappa shape index (κ1) is 16.4. The van der Waals surface area contributed by atoms with Crippen LogP contribution in [0.4, 0.5) is 4.39 Å². The van der Waals surface area contributed by atoms with Crippen molar-refractivity contribution in [3.8, 4) is 0 Å². The van der Waals surface area contributed by atoms with Crippen LogP contribution in [-0.4, -0.2) is 24.0 Å². The zero-order chi connectivity index (χ0) is 13.1. The molecular formula is C15H24ClFN2. The SMILES string of the molecule is Cc1cc(F)ccc1CN1CCCC(C(C)N)C1.Cl. The molecule has 0 spiro atoms. The van der Waals surface area contributed by atoms with E-state index >= 15 is 0 Å². The van der Waals surface area contributed by atoms with Gasteiger partial charge in [0.05, 0.1) is 0 Å². The number of rotatable bonds is 3. The minimum atomic E-state index is -0.150. The Hall–Kier alpha value is -0.640. The van der Waals surface area contributed by atoms with Gasteiger partial charge >= 0.3 is 0 Å². The molecule has 4 heteroatoms. The van der Waals surface area contributed by atoms with E-state index < -0.39 is 0 Å². The first-order valence-electron chi connectivity index (χ1n) is 6.79. The Morgan fingerprint density at radius 3 is 2.84 bits per heavy atom. The van der Waals surface area contributed by atoms with Crippen LogP contribution in [0.3, 0.4) is 0 Å². The molecule has 1 fully saturated rings. The van der Waals surface area contributed by atoms with Gasteiger partial charge in [0, 0.05) is 19.1 Å². The summed E-state index contributed by atoms with van der Waals surface area (Å²) in [7, 11) is 0. The van der Waals surface area contributed by atoms with Gasteiger partial charge in [-0.1, -0.05) is 6.07 Å². The van der Waals surface area contributed by atoms with Crippen molar-refractivity contribution in [1.82, 2.24) is 4.90 Å². The maximum atomic E-state index is 13.1. The Morgan fingerprint density at radius 1 is 1.47 bits per heavy atom. The molecule has 0 saturated carbocycles. The predicted octanol–water partition coefficient (Wildman–Crippen LogP) is 3.12. The molecule has 108 valence electrons. The van der Waals surface area contributed by atoms with Crippen LogP contribution in [0.15, 0.2) is 18.2 Å². The van der Waals surface area contributed by atoms with Crippen LogP contribution < -0.4 is 5.73 Å². The molecule has 1 aromatic rings. The Labute approximate surface area is 121 Å². The van der Waals surface area contributed by atoms with Crippen molar-refractivity contribution in [2.45, 2.75) is 39.3 Å². The molecule has 0 radical (unpaired) electrons. The van der Waals surface area contributed by atoms with Crippen LogP contribution in [0.2, 0.25) is 0 Å². The fourth-order valence-corrected chi connectivity index (χ4v) is 2.74. The van der Waals surface area contributed by atoms with E-state index in [0.717, 1.165) is 25.2 Å². The summed E-state index contributed by atoms with van der Waals surface area (Å²) in [5.74, 6) is 0.447. The molecule has 0 aliphatic carbocycles. The van der Waals surface area contributed by atoms with Crippen LogP contribution in [0.25, 0.3) is 0 Å². The number of aryl methyl sites for hydroxylation is 1. The van der Waals surface area contributed by atoms with Gasteiger partial charge in [0.2, 0.25) is 0 Å². The maximum absolute atomic E-state index is 13.1. The molecular weight excluding hydrogens is 263 g/mol. The van der Waals surface area contributed by atoms with Crippen molar-refractivity contribution < 1.29 is 4.39 Å². The van der Waals surface area contributed by atoms with E-state index in [-0.39, 0.29) is 24.3 Å². The van der Waals surface area contributed by atoms with E-state index in [2.05, 4.69) is 11.8 Å². The summed E-state index contributed by atoms with van der Waals surface area (Å²) in [5.41, 5.74) is 8.26. The number of hydrogen-bond donors (Lipinski definition) is 1. The number of nitrogens with zero attached hydrogens (tertiary/aromatic N) is 1. The van der Waals surface area contributed by atoms with E-state index in [4.69, 9.17) is 5.73 Å². The van der Waals surface area contributed by atoms with Gasteiger partial charge in [-0.25, -0.2) is 4.39 Å². The monoisotopic (exact) mass is 286 g/mol. The molecule has 2 nitrogen and oxygen atoms in total. The molecule has 2 atom stereocenters. The molecule has 2 unspecified atom stereocenters. The summed E-state index contributed by atoms with van der Waals surface area (Å²) < 4.78 is 13.1. The van der Waals surface area contributed by atoms with Crippen LogP contribution >= 0.6 is 12.4 Å². The number of benzene rings is 1. The van der Waals surface area contributed by atoms with Crippen LogP contribution in [0.1, 0.15) is 30.9 Å². The van der Waals surface area contributed by atoms with Crippen molar-refractivity contribution in [2.24, 2.45) is 11.7 Å². The highest BCUT2D eigenvalue weighted by Gasteiger charge is 2.22. The zero-order valence-corrected chi connectivity index (χ0v) is 12.5. The Kier molecular flexibility index (Phi) is 6.24. The summed E-state index contributed by atoms with van der Waals surface area (Å²) in [6.07, 6.45) is 2.45. The third-order valence-electron chi connectivity index (χ3n) is 3.98. The predicted molar refractivity (Wildman–Crippen MR) is 80.0 cm³/mol. The van der Waals surface area contributed by atoms with Gasteiger partial charge in [-0.3, -0.25) is 4.90 Å². The Bertz CT molecular complexity index is 409. The van der Waals surface area contributed by atoms with Gasteiger partial charge in [-0.2, -0.15) is 0 Å². The lowest BCUT2D eigenvalue weighted by molar-refractivity contribution is 0.154. The fraction of sp³-hybridized carbons (Fsp3) is 0.600. The van der Waals surface area contributed by atoms with Gasteiger partial charge < -0.3 is 5.73 Å². The lowest BCUT2D eigenvalue weighted by atomic mass is 9.92. The van der Waals surface area contributed by atoms with E-state index in [1.165, 1.54) is 18.4 Å². The van der Waals surface area contributed by atoms with E-state index in [1.54, 1.807) is 12.1 Å². The van der Waals surface area contributed by atoms with Crippen molar-refractivity contribution >= 4 is 12.4 Å². The largest absolute Gasteiger partial charge is 0.328 e. The second-order valence-corrected chi connectivity index (χ2v) is 5.57. The lowest BCUT2D eigenvalue weighted by Crippen LogP contribution is -2.42. The highest BCUT2D eigenvalue weighted by molar-refractivity contribution is 5.85. The van der Waals surface area contributed by atoms with Crippen LogP contribution in [0.5, 0.6) is 0 Å². The highest BCUT2D eigenvalue weighted by Crippen LogP contribution is 2.21. The Balaban J connectivity index is 0.00000180. The average Bonchev–Trinajstić information content (AvgIpc) is 2.33. The minimum absolute atomic E-state index is 0. The number of piperidine rings is 1. The van der Waals surface area contributed by atoms with Gasteiger partial charge in [0.15, 0.2) is 0 Å². The molecule has 1 heterocycles. The fourth-order valence-electron chi connectivity index (χ4n) is 2.74. The minimum Gasteiger partial charge on any atom is -0.328 e. The number of halogens is 2. The van der Waals surface area contributed by atoms with E-state index in [9.17, 15) is 4.39 Å². The van der Waals surface area contributed by atoms with Crippen molar-refractivity contribution in [3.63, 3.8) is 0 Å².